The van der Waals surface area contributed by atoms with E-state index < -0.39 is 5.97 Å². The van der Waals surface area contributed by atoms with E-state index in [0.717, 1.165) is 17.3 Å². The van der Waals surface area contributed by atoms with Gasteiger partial charge in [-0.3, -0.25) is 4.79 Å². The van der Waals surface area contributed by atoms with Crippen molar-refractivity contribution in [3.05, 3.63) is 0 Å². The summed E-state index contributed by atoms with van der Waals surface area (Å²) in [6.45, 7) is 2.25. The minimum Gasteiger partial charge on any atom is -0.481 e. The summed E-state index contributed by atoms with van der Waals surface area (Å²) >= 11 is 0. The van der Waals surface area contributed by atoms with Gasteiger partial charge < -0.3 is 9.59 Å². The van der Waals surface area contributed by atoms with Crippen LogP contribution in [0.5, 0.6) is 0 Å². The van der Waals surface area contributed by atoms with E-state index in [-0.39, 0.29) is 0 Å². The van der Waals surface area contributed by atoms with Crippen molar-refractivity contribution in [3.63, 3.8) is 0 Å². The van der Waals surface area contributed by atoms with Crippen LogP contribution in [0.2, 0.25) is 0 Å². The van der Waals surface area contributed by atoms with Crippen molar-refractivity contribution in [1.29, 1.82) is 0 Å². The van der Waals surface area contributed by atoms with E-state index in [2.05, 4.69) is 35.1 Å². The Hall–Kier alpha value is -0.570. The summed E-state index contributed by atoms with van der Waals surface area (Å²) in [5.41, 5.74) is 0. The van der Waals surface area contributed by atoms with Gasteiger partial charge in [0.15, 0.2) is 0 Å². The molecule has 3 heteroatoms. The summed E-state index contributed by atoms with van der Waals surface area (Å²) < 4.78 is 1.00. The number of carboxylic acid groups (broad SMARTS) is 1. The van der Waals surface area contributed by atoms with Gasteiger partial charge in [0.1, 0.15) is 0 Å². The van der Waals surface area contributed by atoms with Crippen LogP contribution in [-0.2, 0) is 4.79 Å². The SMILES string of the molecule is CCCCCCCCCCCCCC(=O)O.C[N+](C)(C)C. The maximum atomic E-state index is 10.3. The molecule has 0 aliphatic heterocycles. The lowest BCUT2D eigenvalue weighted by Crippen LogP contribution is -2.27. The second-order valence-electron chi connectivity index (χ2n) is 7.36. The summed E-state index contributed by atoms with van der Waals surface area (Å²) in [4.78, 5) is 10.3. The van der Waals surface area contributed by atoms with Crippen LogP contribution in [0.3, 0.4) is 0 Å². The zero-order valence-corrected chi connectivity index (χ0v) is 15.3. The minimum absolute atomic E-state index is 0.344. The predicted octanol–water partition coefficient (Wildman–Crippen LogP) is 5.09. The highest BCUT2D eigenvalue weighted by atomic mass is 16.4. The molecule has 0 unspecified atom stereocenters. The Morgan fingerprint density at radius 2 is 1.00 bits per heavy atom. The van der Waals surface area contributed by atoms with Gasteiger partial charge >= 0.3 is 5.97 Å². The van der Waals surface area contributed by atoms with Gasteiger partial charge in [0.2, 0.25) is 0 Å². The lowest BCUT2D eigenvalue weighted by molar-refractivity contribution is -0.849. The van der Waals surface area contributed by atoms with Crippen molar-refractivity contribution in [1.82, 2.24) is 0 Å². The van der Waals surface area contributed by atoms with Crippen LogP contribution in [0.1, 0.15) is 84.0 Å². The van der Waals surface area contributed by atoms with Gasteiger partial charge in [0.05, 0.1) is 28.2 Å². The molecule has 0 aromatic rings. The first-order valence-corrected chi connectivity index (χ1v) is 8.78. The molecule has 0 aliphatic rings. The third kappa shape index (κ3) is 38.2. The van der Waals surface area contributed by atoms with Crippen molar-refractivity contribution >= 4 is 5.97 Å². The number of hydrogen-bond acceptors (Lipinski definition) is 1. The Kier molecular flexibility index (Phi) is 17.1. The fraction of sp³-hybridized carbons (Fsp3) is 0.944. The Morgan fingerprint density at radius 1 is 0.714 bits per heavy atom. The third-order valence-corrected chi connectivity index (χ3v) is 2.99. The quantitative estimate of drug-likeness (QED) is 0.402. The van der Waals surface area contributed by atoms with Crippen LogP contribution >= 0.6 is 0 Å². The number of rotatable bonds is 12. The summed E-state index contributed by atoms with van der Waals surface area (Å²) in [5, 5.41) is 8.46. The molecule has 0 rings (SSSR count). The zero-order chi connectivity index (χ0) is 16.6. The Bertz CT molecular complexity index is 216. The van der Waals surface area contributed by atoms with E-state index in [4.69, 9.17) is 5.11 Å². The van der Waals surface area contributed by atoms with Crippen LogP contribution in [0, 0.1) is 0 Å². The molecule has 0 fully saturated rings. The molecule has 0 heterocycles. The molecule has 0 amide bonds. The predicted molar refractivity (Wildman–Crippen MR) is 92.7 cm³/mol. The standard InChI is InChI=1S/C14H28O2.C4H12N/c1-2-3-4-5-6-7-8-9-10-11-12-13-14(15)16;1-5(2,3)4/h2-13H2,1H3,(H,15,16);1-4H3/q;+1. The van der Waals surface area contributed by atoms with Crippen LogP contribution in [-0.4, -0.2) is 43.7 Å². The van der Waals surface area contributed by atoms with E-state index >= 15 is 0 Å². The Labute approximate surface area is 133 Å². The molecule has 0 aromatic heterocycles. The fourth-order valence-electron chi connectivity index (χ4n) is 1.94. The van der Waals surface area contributed by atoms with Gasteiger partial charge in [0, 0.05) is 6.42 Å². The number of aliphatic carboxylic acids is 1. The van der Waals surface area contributed by atoms with Crippen LogP contribution in [0.4, 0.5) is 0 Å². The number of carbonyl (C=O) groups is 1. The molecular formula is C18H40NO2+. The lowest BCUT2D eigenvalue weighted by Gasteiger charge is -2.14. The first-order valence-electron chi connectivity index (χ1n) is 8.78. The number of unbranched alkanes of at least 4 members (excludes halogenated alkanes) is 10. The Balaban J connectivity index is 0. The van der Waals surface area contributed by atoms with E-state index in [1.165, 1.54) is 57.8 Å². The second kappa shape index (κ2) is 15.8. The van der Waals surface area contributed by atoms with E-state index in [0.29, 0.717) is 6.42 Å². The number of quaternary nitrogens is 1. The van der Waals surface area contributed by atoms with Crippen LogP contribution in [0.15, 0.2) is 0 Å². The molecular weight excluding hydrogens is 262 g/mol. The van der Waals surface area contributed by atoms with Crippen molar-refractivity contribution in [2.75, 3.05) is 28.2 Å². The molecule has 0 radical (unpaired) electrons. The highest BCUT2D eigenvalue weighted by molar-refractivity contribution is 5.66. The highest BCUT2D eigenvalue weighted by Gasteiger charge is 1.96. The maximum Gasteiger partial charge on any atom is 0.303 e. The van der Waals surface area contributed by atoms with Gasteiger partial charge in [-0.05, 0) is 6.42 Å². The first kappa shape index (κ1) is 22.7. The summed E-state index contributed by atoms with van der Waals surface area (Å²) in [6, 6.07) is 0. The smallest absolute Gasteiger partial charge is 0.303 e. The van der Waals surface area contributed by atoms with Gasteiger partial charge in [0.25, 0.3) is 0 Å². The van der Waals surface area contributed by atoms with Gasteiger partial charge in [-0.2, -0.15) is 0 Å². The van der Waals surface area contributed by atoms with Crippen molar-refractivity contribution in [2.45, 2.75) is 84.0 Å². The van der Waals surface area contributed by atoms with Crippen LogP contribution in [0.25, 0.3) is 0 Å². The van der Waals surface area contributed by atoms with Crippen molar-refractivity contribution in [3.8, 4) is 0 Å². The first-order chi connectivity index (χ1) is 9.77. The van der Waals surface area contributed by atoms with E-state index in [1.807, 2.05) is 0 Å². The molecule has 1 N–H and O–H groups in total. The minimum atomic E-state index is -0.657. The molecule has 0 spiro atoms. The van der Waals surface area contributed by atoms with Gasteiger partial charge in [-0.1, -0.05) is 71.1 Å². The summed E-state index contributed by atoms with van der Waals surface area (Å²) in [5.74, 6) is -0.657. The molecule has 0 atom stereocenters. The van der Waals surface area contributed by atoms with Crippen molar-refractivity contribution in [2.24, 2.45) is 0 Å². The molecule has 0 bridgehead atoms. The number of nitrogens with zero attached hydrogens (tertiary/aromatic N) is 1. The Morgan fingerprint density at radius 3 is 1.29 bits per heavy atom. The molecule has 0 aliphatic carbocycles. The maximum absolute atomic E-state index is 10.3. The second-order valence-corrected chi connectivity index (χ2v) is 7.36. The number of hydrogen-bond donors (Lipinski definition) is 1. The fourth-order valence-corrected chi connectivity index (χ4v) is 1.94. The van der Waals surface area contributed by atoms with E-state index in [9.17, 15) is 4.79 Å². The molecule has 3 nitrogen and oxygen atoms in total. The molecule has 0 aromatic carbocycles. The van der Waals surface area contributed by atoms with Gasteiger partial charge in [-0.25, -0.2) is 0 Å². The highest BCUT2D eigenvalue weighted by Crippen LogP contribution is 2.11. The zero-order valence-electron chi connectivity index (χ0n) is 15.3. The summed E-state index contributed by atoms with van der Waals surface area (Å²) in [6.07, 6.45) is 14.4. The normalized spacial score (nSPS) is 10.9. The average molecular weight is 303 g/mol. The average Bonchev–Trinajstić information content (AvgIpc) is 2.33. The van der Waals surface area contributed by atoms with Crippen LogP contribution < -0.4 is 0 Å². The topological polar surface area (TPSA) is 37.3 Å². The third-order valence-electron chi connectivity index (χ3n) is 2.99. The summed E-state index contributed by atoms with van der Waals surface area (Å²) in [7, 11) is 8.50. The van der Waals surface area contributed by atoms with Gasteiger partial charge in [-0.15, -0.1) is 0 Å². The van der Waals surface area contributed by atoms with E-state index in [1.54, 1.807) is 0 Å². The largest absolute Gasteiger partial charge is 0.481 e. The lowest BCUT2D eigenvalue weighted by atomic mass is 10.1. The number of carboxylic acids is 1. The molecule has 21 heavy (non-hydrogen) atoms. The monoisotopic (exact) mass is 302 g/mol. The molecule has 128 valence electrons. The molecule has 0 saturated carbocycles. The van der Waals surface area contributed by atoms with Crippen molar-refractivity contribution < 1.29 is 14.4 Å². The molecule has 0 saturated heterocycles.